The van der Waals surface area contributed by atoms with Crippen LogP contribution in [0, 0.1) is 11.3 Å². The highest BCUT2D eigenvalue weighted by Crippen LogP contribution is 2.46. The Hall–Kier alpha value is -2.57. The first-order valence-corrected chi connectivity index (χ1v) is 12.5. The van der Waals surface area contributed by atoms with Crippen molar-refractivity contribution in [2.45, 2.75) is 45.3 Å². The first-order chi connectivity index (χ1) is 16.4. The molecule has 182 valence electrons. The summed E-state index contributed by atoms with van der Waals surface area (Å²) in [5.74, 6) is 1.35. The van der Waals surface area contributed by atoms with E-state index in [4.69, 9.17) is 14.2 Å². The van der Waals surface area contributed by atoms with Gasteiger partial charge in [0.2, 0.25) is 0 Å². The molecule has 3 fully saturated rings. The maximum absolute atomic E-state index is 12.9. The van der Waals surface area contributed by atoms with Gasteiger partial charge in [-0.2, -0.15) is 0 Å². The Morgan fingerprint density at radius 1 is 1.09 bits per heavy atom. The molecule has 6 nitrogen and oxygen atoms in total. The van der Waals surface area contributed by atoms with Gasteiger partial charge < -0.3 is 19.5 Å². The van der Waals surface area contributed by atoms with Crippen molar-refractivity contribution in [1.29, 1.82) is 0 Å². The number of methoxy groups -OCH3 is 1. The van der Waals surface area contributed by atoms with E-state index in [1.54, 1.807) is 7.11 Å². The zero-order valence-electron chi connectivity index (χ0n) is 20.5. The molecule has 1 N–H and O–H groups in total. The molecule has 0 saturated carbocycles. The van der Waals surface area contributed by atoms with Crippen LogP contribution in [0.15, 0.2) is 42.5 Å². The molecular weight excluding hydrogens is 428 g/mol. The third-order valence-electron chi connectivity index (χ3n) is 7.72. The normalized spacial score (nSPS) is 26.7. The number of carbonyl (C=O) groups excluding carboxylic acids is 1. The van der Waals surface area contributed by atoms with E-state index in [1.807, 2.05) is 12.1 Å². The number of benzene rings is 2. The number of carbonyl (C=O) groups is 1. The summed E-state index contributed by atoms with van der Waals surface area (Å²) in [6.45, 7) is 8.68. The van der Waals surface area contributed by atoms with Gasteiger partial charge in [-0.3, -0.25) is 4.90 Å². The van der Waals surface area contributed by atoms with Crippen LogP contribution in [0.4, 0.5) is 4.79 Å². The molecule has 0 radical (unpaired) electrons. The Bertz CT molecular complexity index is 1030. The fourth-order valence-electron chi connectivity index (χ4n) is 5.85. The van der Waals surface area contributed by atoms with E-state index >= 15 is 0 Å². The number of nitrogens with zero attached hydrogens (tertiary/aromatic N) is 1. The molecule has 4 aliphatic rings. The van der Waals surface area contributed by atoms with Crippen molar-refractivity contribution < 1.29 is 19.0 Å². The minimum absolute atomic E-state index is 0.0206. The van der Waals surface area contributed by atoms with Gasteiger partial charge in [0.25, 0.3) is 0 Å². The molecule has 2 atom stereocenters. The van der Waals surface area contributed by atoms with E-state index in [0.29, 0.717) is 19.1 Å². The summed E-state index contributed by atoms with van der Waals surface area (Å²) in [5, 5.41) is 3.22. The average Bonchev–Trinajstić information content (AvgIpc) is 3.08. The van der Waals surface area contributed by atoms with Crippen LogP contribution in [0.25, 0.3) is 11.1 Å². The smallest absolute Gasteiger partial charge is 0.407 e. The largest absolute Gasteiger partial charge is 0.491 e. The number of hydrogen-bond acceptors (Lipinski definition) is 5. The molecule has 6 rings (SSSR count). The number of alkyl carbamates (subject to hydrolysis) is 1. The summed E-state index contributed by atoms with van der Waals surface area (Å²) in [5.41, 5.74) is 4.66. The fraction of sp³-hybridized carbons (Fsp3) is 0.536. The van der Waals surface area contributed by atoms with E-state index in [0.717, 1.165) is 55.8 Å². The van der Waals surface area contributed by atoms with Crippen molar-refractivity contribution in [1.82, 2.24) is 10.2 Å². The van der Waals surface area contributed by atoms with Crippen molar-refractivity contribution in [2.75, 3.05) is 40.0 Å². The predicted molar refractivity (Wildman–Crippen MR) is 132 cm³/mol. The van der Waals surface area contributed by atoms with Crippen LogP contribution in [0.3, 0.4) is 0 Å². The predicted octanol–water partition coefficient (Wildman–Crippen LogP) is 4.82. The van der Waals surface area contributed by atoms with Crippen LogP contribution >= 0.6 is 0 Å². The van der Waals surface area contributed by atoms with Gasteiger partial charge in [0.1, 0.15) is 18.5 Å². The Morgan fingerprint density at radius 2 is 1.88 bits per heavy atom. The lowest BCUT2D eigenvalue weighted by molar-refractivity contribution is -0.0348. The zero-order chi connectivity index (χ0) is 23.7. The molecule has 3 aliphatic heterocycles. The van der Waals surface area contributed by atoms with Crippen LogP contribution in [0.1, 0.15) is 43.9 Å². The number of amides is 1. The summed E-state index contributed by atoms with van der Waals surface area (Å²) in [6, 6.07) is 14.7. The van der Waals surface area contributed by atoms with E-state index in [9.17, 15) is 4.79 Å². The van der Waals surface area contributed by atoms with Gasteiger partial charge in [0, 0.05) is 13.7 Å². The maximum Gasteiger partial charge on any atom is 0.407 e. The highest BCUT2D eigenvalue weighted by molar-refractivity contribution is 5.70. The van der Waals surface area contributed by atoms with Gasteiger partial charge in [-0.1, -0.05) is 44.2 Å². The third-order valence-corrected chi connectivity index (χ3v) is 7.72. The first-order valence-electron chi connectivity index (χ1n) is 12.5. The standard InChI is InChI=1S/C28H36N2O4/c1-28(2)17-22-15-21(20-5-4-6-23(16-20)33-14-13-32-3)7-8-24(22)26(28)29-27(31)34-25-18-30-11-9-19(25)10-12-30/h4-8,15-16,19,25-26H,9-14,17-18H2,1-3H3,(H,29,31)/t25-,26?/m0/s1. The third kappa shape index (κ3) is 4.80. The quantitative estimate of drug-likeness (QED) is 0.595. The van der Waals surface area contributed by atoms with Gasteiger partial charge in [0.05, 0.1) is 12.6 Å². The van der Waals surface area contributed by atoms with E-state index in [1.165, 1.54) is 11.1 Å². The van der Waals surface area contributed by atoms with E-state index in [2.05, 4.69) is 54.4 Å². The van der Waals surface area contributed by atoms with Gasteiger partial charge in [-0.15, -0.1) is 0 Å². The molecule has 34 heavy (non-hydrogen) atoms. The van der Waals surface area contributed by atoms with Crippen molar-refractivity contribution in [3.8, 4) is 16.9 Å². The molecule has 2 aromatic carbocycles. The summed E-state index contributed by atoms with van der Waals surface area (Å²) >= 11 is 0. The lowest BCUT2D eigenvalue weighted by atomic mass is 9.85. The summed E-state index contributed by atoms with van der Waals surface area (Å²) < 4.78 is 16.8. The Labute approximate surface area is 202 Å². The highest BCUT2D eigenvalue weighted by Gasteiger charge is 2.42. The zero-order valence-corrected chi connectivity index (χ0v) is 20.5. The minimum atomic E-state index is -0.283. The number of rotatable bonds is 7. The maximum atomic E-state index is 12.9. The molecular formula is C28H36N2O4. The fourth-order valence-corrected chi connectivity index (χ4v) is 5.85. The molecule has 6 heteroatoms. The van der Waals surface area contributed by atoms with Crippen LogP contribution in [-0.4, -0.2) is 57.1 Å². The Morgan fingerprint density at radius 3 is 2.62 bits per heavy atom. The summed E-state index contributed by atoms with van der Waals surface area (Å²) in [7, 11) is 1.67. The lowest BCUT2D eigenvalue weighted by Gasteiger charge is -2.44. The SMILES string of the molecule is COCCOc1cccc(-c2ccc3c(c2)CC(C)(C)C3NC(=O)O[C@H]2CN3CCC2CC3)c1. The average molecular weight is 465 g/mol. The number of nitrogens with one attached hydrogen (secondary N) is 1. The molecule has 0 aromatic heterocycles. The van der Waals surface area contributed by atoms with Crippen LogP contribution in [0.5, 0.6) is 5.75 Å². The topological polar surface area (TPSA) is 60.0 Å². The number of ether oxygens (including phenoxy) is 3. The van der Waals surface area contributed by atoms with Crippen molar-refractivity contribution in [3.05, 3.63) is 53.6 Å². The second-order valence-electron chi connectivity index (χ2n) is 10.6. The minimum Gasteiger partial charge on any atom is -0.491 e. The number of hydrogen-bond donors (Lipinski definition) is 1. The Kier molecular flexibility index (Phi) is 6.54. The van der Waals surface area contributed by atoms with Gasteiger partial charge in [0.15, 0.2) is 0 Å². The van der Waals surface area contributed by atoms with Crippen molar-refractivity contribution in [3.63, 3.8) is 0 Å². The second-order valence-corrected chi connectivity index (χ2v) is 10.6. The van der Waals surface area contributed by atoms with Crippen molar-refractivity contribution >= 4 is 6.09 Å². The van der Waals surface area contributed by atoms with Gasteiger partial charge in [-0.05, 0) is 78.1 Å². The molecule has 2 aromatic rings. The summed E-state index contributed by atoms with van der Waals surface area (Å²) in [4.78, 5) is 15.3. The second kappa shape index (κ2) is 9.59. The monoisotopic (exact) mass is 464 g/mol. The molecule has 3 saturated heterocycles. The highest BCUT2D eigenvalue weighted by atomic mass is 16.6. The molecule has 1 unspecified atom stereocenters. The van der Waals surface area contributed by atoms with Crippen LogP contribution in [-0.2, 0) is 15.9 Å². The van der Waals surface area contributed by atoms with Crippen LogP contribution in [0.2, 0.25) is 0 Å². The summed E-state index contributed by atoms with van der Waals surface area (Å²) in [6.07, 6.45) is 2.92. The molecule has 3 heterocycles. The number of piperidine rings is 3. The number of fused-ring (bicyclic) bond motifs is 4. The van der Waals surface area contributed by atoms with E-state index in [-0.39, 0.29) is 23.7 Å². The molecule has 1 aliphatic carbocycles. The van der Waals surface area contributed by atoms with Gasteiger partial charge >= 0.3 is 6.09 Å². The van der Waals surface area contributed by atoms with Crippen LogP contribution < -0.4 is 10.1 Å². The first kappa shape index (κ1) is 23.2. The molecule has 0 spiro atoms. The lowest BCUT2D eigenvalue weighted by Crippen LogP contribution is -2.53. The molecule has 1 amide bonds. The Balaban J connectivity index is 1.29. The van der Waals surface area contributed by atoms with E-state index < -0.39 is 0 Å². The van der Waals surface area contributed by atoms with Crippen molar-refractivity contribution in [2.24, 2.45) is 11.3 Å². The molecule has 2 bridgehead atoms. The van der Waals surface area contributed by atoms with Gasteiger partial charge in [-0.25, -0.2) is 4.79 Å².